The van der Waals surface area contributed by atoms with E-state index in [4.69, 9.17) is 22.1 Å². The van der Waals surface area contributed by atoms with E-state index in [9.17, 15) is 4.79 Å². The molecule has 0 radical (unpaired) electrons. The molecule has 1 saturated heterocycles. The van der Waals surface area contributed by atoms with E-state index in [1.165, 1.54) is 6.20 Å². The maximum absolute atomic E-state index is 12.1. The standard InChI is InChI=1S/C14H22ClN5O2/c1-14(2,3)22-13(21)20-6-4-5-9(8-20)18-11-10(16)7-17-12(15)19-11/h7,9H,4-6,8,16H2,1-3H3,(H,17,18,19). The van der Waals surface area contributed by atoms with Gasteiger partial charge in [-0.05, 0) is 45.2 Å². The molecular weight excluding hydrogens is 306 g/mol. The largest absolute Gasteiger partial charge is 0.444 e. The van der Waals surface area contributed by atoms with Crippen molar-refractivity contribution >= 4 is 29.2 Å². The Morgan fingerprint density at radius 2 is 2.27 bits per heavy atom. The molecule has 1 atom stereocenters. The number of nitrogens with zero attached hydrogens (tertiary/aromatic N) is 3. The van der Waals surface area contributed by atoms with E-state index in [1.807, 2.05) is 20.8 Å². The van der Waals surface area contributed by atoms with Gasteiger partial charge in [-0.1, -0.05) is 0 Å². The molecule has 122 valence electrons. The molecule has 7 nitrogen and oxygen atoms in total. The number of hydrogen-bond acceptors (Lipinski definition) is 6. The number of carbonyl (C=O) groups excluding carboxylic acids is 1. The number of anilines is 2. The van der Waals surface area contributed by atoms with Crippen LogP contribution >= 0.6 is 11.6 Å². The van der Waals surface area contributed by atoms with Gasteiger partial charge in [0.2, 0.25) is 5.28 Å². The van der Waals surface area contributed by atoms with E-state index in [1.54, 1.807) is 4.90 Å². The fraction of sp³-hybridized carbons (Fsp3) is 0.643. The number of rotatable bonds is 2. The van der Waals surface area contributed by atoms with Gasteiger partial charge in [-0.15, -0.1) is 0 Å². The molecule has 2 heterocycles. The summed E-state index contributed by atoms with van der Waals surface area (Å²) in [5.74, 6) is 0.496. The average molecular weight is 328 g/mol. The minimum atomic E-state index is -0.498. The molecule has 0 bridgehead atoms. The van der Waals surface area contributed by atoms with Gasteiger partial charge in [0.05, 0.1) is 11.9 Å². The summed E-state index contributed by atoms with van der Waals surface area (Å²) < 4.78 is 5.41. The predicted octanol–water partition coefficient (Wildman–Crippen LogP) is 2.52. The lowest BCUT2D eigenvalue weighted by atomic mass is 10.1. The third kappa shape index (κ3) is 4.62. The second kappa shape index (κ2) is 6.56. The second-order valence-electron chi connectivity index (χ2n) is 6.35. The van der Waals surface area contributed by atoms with Crippen molar-refractivity contribution in [3.8, 4) is 0 Å². The number of nitrogens with one attached hydrogen (secondary N) is 1. The Morgan fingerprint density at radius 3 is 2.95 bits per heavy atom. The zero-order chi connectivity index (χ0) is 16.3. The quantitative estimate of drug-likeness (QED) is 0.811. The minimum absolute atomic E-state index is 0.0505. The molecule has 0 aliphatic carbocycles. The number of aromatic nitrogens is 2. The Kier molecular flexibility index (Phi) is 4.95. The Morgan fingerprint density at radius 1 is 1.55 bits per heavy atom. The maximum atomic E-state index is 12.1. The fourth-order valence-electron chi connectivity index (χ4n) is 2.27. The van der Waals surface area contributed by atoms with Gasteiger partial charge in [-0.2, -0.15) is 4.98 Å². The molecule has 0 saturated carbocycles. The molecule has 3 N–H and O–H groups in total. The van der Waals surface area contributed by atoms with Crippen LogP contribution in [0.25, 0.3) is 0 Å². The Bertz CT molecular complexity index is 547. The van der Waals surface area contributed by atoms with E-state index in [0.717, 1.165) is 12.8 Å². The van der Waals surface area contributed by atoms with Crippen LogP contribution in [0.15, 0.2) is 6.20 Å². The molecule has 1 fully saturated rings. The molecule has 1 unspecified atom stereocenters. The first kappa shape index (κ1) is 16.6. The first-order chi connectivity index (χ1) is 10.2. The van der Waals surface area contributed by atoms with Crippen molar-refractivity contribution in [1.82, 2.24) is 14.9 Å². The number of likely N-dealkylation sites (tertiary alicyclic amines) is 1. The Hall–Kier alpha value is -1.76. The zero-order valence-electron chi connectivity index (χ0n) is 13.1. The molecule has 1 aromatic rings. The van der Waals surface area contributed by atoms with Crippen LogP contribution < -0.4 is 11.1 Å². The van der Waals surface area contributed by atoms with Crippen molar-refractivity contribution in [3.05, 3.63) is 11.5 Å². The van der Waals surface area contributed by atoms with Gasteiger partial charge in [-0.25, -0.2) is 9.78 Å². The highest BCUT2D eigenvalue weighted by atomic mass is 35.5. The Labute approximate surface area is 135 Å². The second-order valence-corrected chi connectivity index (χ2v) is 6.69. The van der Waals surface area contributed by atoms with Gasteiger partial charge in [0, 0.05) is 19.1 Å². The first-order valence-electron chi connectivity index (χ1n) is 7.27. The van der Waals surface area contributed by atoms with Crippen molar-refractivity contribution in [1.29, 1.82) is 0 Å². The summed E-state index contributed by atoms with van der Waals surface area (Å²) in [5, 5.41) is 3.36. The van der Waals surface area contributed by atoms with Crippen LogP contribution in [-0.2, 0) is 4.74 Å². The van der Waals surface area contributed by atoms with Gasteiger partial charge < -0.3 is 20.7 Å². The smallest absolute Gasteiger partial charge is 0.410 e. The molecule has 1 aliphatic rings. The van der Waals surface area contributed by atoms with Crippen LogP contribution in [0, 0.1) is 0 Å². The molecule has 1 aliphatic heterocycles. The molecule has 0 spiro atoms. The maximum Gasteiger partial charge on any atom is 0.410 e. The normalized spacial score (nSPS) is 18.9. The lowest BCUT2D eigenvalue weighted by Crippen LogP contribution is -2.47. The van der Waals surface area contributed by atoms with Crippen LogP contribution in [0.4, 0.5) is 16.3 Å². The summed E-state index contributed by atoms with van der Waals surface area (Å²) >= 11 is 5.78. The topological polar surface area (TPSA) is 93.4 Å². The Balaban J connectivity index is 1.98. The van der Waals surface area contributed by atoms with Gasteiger partial charge in [0.25, 0.3) is 0 Å². The third-order valence-corrected chi connectivity index (χ3v) is 3.38. The van der Waals surface area contributed by atoms with E-state index in [0.29, 0.717) is 24.6 Å². The van der Waals surface area contributed by atoms with Crippen molar-refractivity contribution in [2.45, 2.75) is 45.3 Å². The van der Waals surface area contributed by atoms with Crippen molar-refractivity contribution in [2.75, 3.05) is 24.1 Å². The van der Waals surface area contributed by atoms with E-state index in [2.05, 4.69) is 15.3 Å². The van der Waals surface area contributed by atoms with Crippen LogP contribution in [0.5, 0.6) is 0 Å². The summed E-state index contributed by atoms with van der Waals surface area (Å²) in [6.45, 7) is 6.79. The molecule has 2 rings (SSSR count). The number of amides is 1. The average Bonchev–Trinajstić information content (AvgIpc) is 2.41. The van der Waals surface area contributed by atoms with Gasteiger partial charge in [0.1, 0.15) is 5.60 Å². The van der Waals surface area contributed by atoms with Gasteiger partial charge >= 0.3 is 6.09 Å². The number of hydrogen-bond donors (Lipinski definition) is 2. The molecule has 1 amide bonds. The number of nitrogens with two attached hydrogens (primary N) is 1. The summed E-state index contributed by atoms with van der Waals surface area (Å²) in [7, 11) is 0. The minimum Gasteiger partial charge on any atom is -0.444 e. The van der Waals surface area contributed by atoms with E-state index in [-0.39, 0.29) is 17.4 Å². The lowest BCUT2D eigenvalue weighted by molar-refractivity contribution is 0.0206. The zero-order valence-corrected chi connectivity index (χ0v) is 13.9. The number of ether oxygens (including phenoxy) is 1. The molecular formula is C14H22ClN5O2. The summed E-state index contributed by atoms with van der Waals surface area (Å²) in [6, 6.07) is 0.0505. The highest BCUT2D eigenvalue weighted by molar-refractivity contribution is 6.28. The molecule has 8 heteroatoms. The van der Waals surface area contributed by atoms with Crippen molar-refractivity contribution in [3.63, 3.8) is 0 Å². The molecule has 22 heavy (non-hydrogen) atoms. The molecule has 0 aromatic carbocycles. The van der Waals surface area contributed by atoms with Crippen LogP contribution in [0.1, 0.15) is 33.6 Å². The number of nitrogen functional groups attached to an aromatic ring is 1. The monoisotopic (exact) mass is 327 g/mol. The number of piperidine rings is 1. The number of halogens is 1. The SMILES string of the molecule is CC(C)(C)OC(=O)N1CCCC(Nc2nc(Cl)ncc2N)C1. The van der Waals surface area contributed by atoms with Crippen molar-refractivity contribution < 1.29 is 9.53 Å². The highest BCUT2D eigenvalue weighted by Crippen LogP contribution is 2.21. The van der Waals surface area contributed by atoms with Gasteiger partial charge in [-0.3, -0.25) is 0 Å². The van der Waals surface area contributed by atoms with Crippen LogP contribution in [0.2, 0.25) is 5.28 Å². The lowest BCUT2D eigenvalue weighted by Gasteiger charge is -2.34. The van der Waals surface area contributed by atoms with E-state index >= 15 is 0 Å². The van der Waals surface area contributed by atoms with Gasteiger partial charge in [0.15, 0.2) is 5.82 Å². The van der Waals surface area contributed by atoms with E-state index < -0.39 is 5.60 Å². The van der Waals surface area contributed by atoms with Crippen molar-refractivity contribution in [2.24, 2.45) is 0 Å². The predicted molar refractivity (Wildman–Crippen MR) is 85.9 cm³/mol. The summed E-state index contributed by atoms with van der Waals surface area (Å²) in [4.78, 5) is 21.7. The fourth-order valence-corrected chi connectivity index (χ4v) is 2.40. The molecule has 1 aromatic heterocycles. The summed E-state index contributed by atoms with van der Waals surface area (Å²) in [5.41, 5.74) is 5.76. The first-order valence-corrected chi connectivity index (χ1v) is 7.65. The number of carbonyl (C=O) groups is 1. The third-order valence-electron chi connectivity index (χ3n) is 3.20. The van der Waals surface area contributed by atoms with Crippen LogP contribution in [-0.4, -0.2) is 45.7 Å². The summed E-state index contributed by atoms with van der Waals surface area (Å²) in [6.07, 6.45) is 2.97. The van der Waals surface area contributed by atoms with Crippen LogP contribution in [0.3, 0.4) is 0 Å². The highest BCUT2D eigenvalue weighted by Gasteiger charge is 2.28.